The number of hydrogen-bond donors (Lipinski definition) is 1. The van der Waals surface area contributed by atoms with Crippen molar-refractivity contribution in [2.75, 3.05) is 0 Å². The molecule has 2 nitrogen and oxygen atoms in total. The summed E-state index contributed by atoms with van der Waals surface area (Å²) in [6, 6.07) is 6.07. The zero-order chi connectivity index (χ0) is 9.42. The van der Waals surface area contributed by atoms with E-state index in [4.69, 9.17) is 11.6 Å². The smallest absolute Gasteiger partial charge is 0.125 e. The molecule has 1 aromatic heterocycles. The fourth-order valence-electron chi connectivity index (χ4n) is 1.38. The molecule has 0 aliphatic heterocycles. The number of fused-ring (bicyclic) bond motifs is 1. The molecule has 3 heteroatoms. The minimum atomic E-state index is -0.0631. The average Bonchev–Trinajstić information content (AvgIpc) is 2.49. The molecular formula is C10H11ClN2. The number of hydrogen-bond acceptors (Lipinski definition) is 1. The summed E-state index contributed by atoms with van der Waals surface area (Å²) in [5.41, 5.74) is 3.25. The zero-order valence-corrected chi connectivity index (χ0v) is 8.39. The standard InChI is InChI=1S/C10H11ClN2/c1-6-4-3-5-8-9(6)13-10(12-8)7(2)11/h3-5,7H,1-2H3,(H,12,13). The van der Waals surface area contributed by atoms with Crippen molar-refractivity contribution in [1.29, 1.82) is 0 Å². The van der Waals surface area contributed by atoms with E-state index in [2.05, 4.69) is 9.97 Å². The molecule has 0 amide bonds. The lowest BCUT2D eigenvalue weighted by Gasteiger charge is -1.93. The molecule has 1 aromatic carbocycles. The van der Waals surface area contributed by atoms with E-state index in [1.807, 2.05) is 32.0 Å². The molecule has 0 spiro atoms. The van der Waals surface area contributed by atoms with Crippen LogP contribution in [0.1, 0.15) is 23.7 Å². The second kappa shape index (κ2) is 3.04. The Bertz CT molecular complexity index is 431. The number of halogens is 1. The molecule has 0 aliphatic rings. The van der Waals surface area contributed by atoms with Gasteiger partial charge in [0, 0.05) is 0 Å². The van der Waals surface area contributed by atoms with E-state index in [0.717, 1.165) is 16.9 Å². The van der Waals surface area contributed by atoms with Gasteiger partial charge in [0.15, 0.2) is 0 Å². The Labute approximate surface area is 81.9 Å². The van der Waals surface area contributed by atoms with Gasteiger partial charge >= 0.3 is 0 Å². The number of rotatable bonds is 1. The van der Waals surface area contributed by atoms with E-state index >= 15 is 0 Å². The third kappa shape index (κ3) is 1.42. The summed E-state index contributed by atoms with van der Waals surface area (Å²) in [5.74, 6) is 0.839. The molecule has 1 N–H and O–H groups in total. The topological polar surface area (TPSA) is 28.7 Å². The van der Waals surface area contributed by atoms with Crippen LogP contribution in [0.15, 0.2) is 18.2 Å². The molecule has 0 saturated heterocycles. The number of nitrogens with zero attached hydrogens (tertiary/aromatic N) is 1. The van der Waals surface area contributed by atoms with E-state index in [-0.39, 0.29) is 5.38 Å². The first-order chi connectivity index (χ1) is 6.18. The highest BCUT2D eigenvalue weighted by molar-refractivity contribution is 6.20. The van der Waals surface area contributed by atoms with Crippen molar-refractivity contribution < 1.29 is 0 Å². The van der Waals surface area contributed by atoms with Crippen molar-refractivity contribution in [3.8, 4) is 0 Å². The van der Waals surface area contributed by atoms with Crippen molar-refractivity contribution >= 4 is 22.6 Å². The molecule has 0 aliphatic carbocycles. The number of nitrogens with one attached hydrogen (secondary N) is 1. The van der Waals surface area contributed by atoms with Gasteiger partial charge < -0.3 is 4.98 Å². The highest BCUT2D eigenvalue weighted by Gasteiger charge is 2.08. The number of aryl methyl sites for hydroxylation is 1. The van der Waals surface area contributed by atoms with Gasteiger partial charge in [-0.2, -0.15) is 0 Å². The van der Waals surface area contributed by atoms with Crippen molar-refractivity contribution in [3.05, 3.63) is 29.6 Å². The van der Waals surface area contributed by atoms with Crippen molar-refractivity contribution in [3.63, 3.8) is 0 Å². The van der Waals surface area contributed by atoms with Gasteiger partial charge in [0.2, 0.25) is 0 Å². The second-order valence-corrected chi connectivity index (χ2v) is 3.86. The van der Waals surface area contributed by atoms with Gasteiger partial charge in [-0.05, 0) is 25.5 Å². The molecule has 68 valence electrons. The van der Waals surface area contributed by atoms with Gasteiger partial charge in [-0.1, -0.05) is 12.1 Å². The maximum atomic E-state index is 5.93. The molecule has 0 fully saturated rings. The Morgan fingerprint density at radius 1 is 1.46 bits per heavy atom. The van der Waals surface area contributed by atoms with Crippen LogP contribution in [0.25, 0.3) is 11.0 Å². The van der Waals surface area contributed by atoms with Crippen LogP contribution in [-0.2, 0) is 0 Å². The predicted molar refractivity (Wildman–Crippen MR) is 55.1 cm³/mol. The Kier molecular flexibility index (Phi) is 2.00. The first kappa shape index (κ1) is 8.57. The molecule has 2 aromatic rings. The molecule has 1 atom stereocenters. The summed E-state index contributed by atoms with van der Waals surface area (Å²) in [6.07, 6.45) is 0. The van der Waals surface area contributed by atoms with Crippen LogP contribution in [0.4, 0.5) is 0 Å². The molecule has 1 heterocycles. The maximum absolute atomic E-state index is 5.93. The number of H-pyrrole nitrogens is 1. The highest BCUT2D eigenvalue weighted by atomic mass is 35.5. The minimum absolute atomic E-state index is 0.0631. The molecule has 1 unspecified atom stereocenters. The highest BCUT2D eigenvalue weighted by Crippen LogP contribution is 2.21. The number of para-hydroxylation sites is 1. The van der Waals surface area contributed by atoms with E-state index in [1.54, 1.807) is 0 Å². The van der Waals surface area contributed by atoms with Gasteiger partial charge in [-0.25, -0.2) is 4.98 Å². The zero-order valence-electron chi connectivity index (χ0n) is 7.63. The van der Waals surface area contributed by atoms with Crippen LogP contribution in [0.5, 0.6) is 0 Å². The summed E-state index contributed by atoms with van der Waals surface area (Å²) in [6.45, 7) is 3.96. The maximum Gasteiger partial charge on any atom is 0.125 e. The van der Waals surface area contributed by atoms with Crippen molar-refractivity contribution in [2.24, 2.45) is 0 Å². The van der Waals surface area contributed by atoms with E-state index in [0.29, 0.717) is 0 Å². The molecule has 0 saturated carbocycles. The number of aromatic amines is 1. The van der Waals surface area contributed by atoms with Crippen LogP contribution >= 0.6 is 11.6 Å². The Hall–Kier alpha value is -1.02. The van der Waals surface area contributed by atoms with E-state index in [1.165, 1.54) is 5.56 Å². The molecule has 0 bridgehead atoms. The van der Waals surface area contributed by atoms with Gasteiger partial charge in [0.05, 0.1) is 16.4 Å². The first-order valence-corrected chi connectivity index (χ1v) is 4.71. The monoisotopic (exact) mass is 194 g/mol. The molecule has 2 rings (SSSR count). The fraction of sp³-hybridized carbons (Fsp3) is 0.300. The van der Waals surface area contributed by atoms with E-state index < -0.39 is 0 Å². The molecule has 13 heavy (non-hydrogen) atoms. The van der Waals surface area contributed by atoms with Gasteiger partial charge in [-0.15, -0.1) is 11.6 Å². The lowest BCUT2D eigenvalue weighted by atomic mass is 10.2. The van der Waals surface area contributed by atoms with Gasteiger partial charge in [0.1, 0.15) is 5.82 Å². The number of benzene rings is 1. The molecule has 0 radical (unpaired) electrons. The normalized spacial score (nSPS) is 13.5. The van der Waals surface area contributed by atoms with Crippen LogP contribution in [0.3, 0.4) is 0 Å². The third-order valence-corrected chi connectivity index (χ3v) is 2.32. The van der Waals surface area contributed by atoms with Crippen LogP contribution in [0, 0.1) is 6.92 Å². The first-order valence-electron chi connectivity index (χ1n) is 4.28. The number of alkyl halides is 1. The lowest BCUT2D eigenvalue weighted by molar-refractivity contribution is 0.961. The summed E-state index contributed by atoms with van der Waals surface area (Å²) in [5, 5.41) is -0.0631. The van der Waals surface area contributed by atoms with Crippen LogP contribution < -0.4 is 0 Å². The number of imidazole rings is 1. The van der Waals surface area contributed by atoms with Crippen molar-refractivity contribution in [1.82, 2.24) is 9.97 Å². The average molecular weight is 195 g/mol. The quantitative estimate of drug-likeness (QED) is 0.695. The SMILES string of the molecule is Cc1cccc2[nH]c(C(C)Cl)nc12. The Morgan fingerprint density at radius 3 is 2.85 bits per heavy atom. The van der Waals surface area contributed by atoms with Crippen LogP contribution in [0.2, 0.25) is 0 Å². The van der Waals surface area contributed by atoms with Crippen molar-refractivity contribution in [2.45, 2.75) is 19.2 Å². The van der Waals surface area contributed by atoms with Gasteiger partial charge in [0.25, 0.3) is 0 Å². The third-order valence-electron chi connectivity index (χ3n) is 2.11. The van der Waals surface area contributed by atoms with Gasteiger partial charge in [-0.3, -0.25) is 0 Å². The van der Waals surface area contributed by atoms with Crippen LogP contribution in [-0.4, -0.2) is 9.97 Å². The number of aromatic nitrogens is 2. The molecular weight excluding hydrogens is 184 g/mol. The summed E-state index contributed by atoms with van der Waals surface area (Å²) < 4.78 is 0. The predicted octanol–water partition coefficient (Wildman–Crippen LogP) is 3.17. The lowest BCUT2D eigenvalue weighted by Crippen LogP contribution is -1.85. The largest absolute Gasteiger partial charge is 0.341 e. The Balaban J connectivity index is 2.68. The summed E-state index contributed by atoms with van der Waals surface area (Å²) in [7, 11) is 0. The fourth-order valence-corrected chi connectivity index (χ4v) is 1.49. The second-order valence-electron chi connectivity index (χ2n) is 3.21. The summed E-state index contributed by atoms with van der Waals surface area (Å²) >= 11 is 5.93. The van der Waals surface area contributed by atoms with E-state index in [9.17, 15) is 0 Å². The Morgan fingerprint density at radius 2 is 2.23 bits per heavy atom. The minimum Gasteiger partial charge on any atom is -0.341 e. The summed E-state index contributed by atoms with van der Waals surface area (Å²) in [4.78, 5) is 7.62.